The molecule has 2 atom stereocenters. The number of hydrogen-bond donors (Lipinski definition) is 1. The summed E-state index contributed by atoms with van der Waals surface area (Å²) in [4.78, 5) is 11.9. The summed E-state index contributed by atoms with van der Waals surface area (Å²) in [6, 6.07) is 0. The summed E-state index contributed by atoms with van der Waals surface area (Å²) >= 11 is 0. The number of rotatable bonds is 11. The zero-order chi connectivity index (χ0) is 19.6. The number of ether oxygens (including phenoxy) is 3. The van der Waals surface area contributed by atoms with Crippen molar-refractivity contribution >= 4 is 16.2 Å². The number of hydrogen-bond acceptors (Lipinski definition) is 7. The molecular weight excluding hydrogens is 360 g/mol. The van der Waals surface area contributed by atoms with E-state index in [2.05, 4.69) is 5.32 Å². The van der Waals surface area contributed by atoms with Crippen molar-refractivity contribution in [2.45, 2.75) is 52.2 Å². The van der Waals surface area contributed by atoms with Crippen LogP contribution < -0.4 is 5.32 Å². The van der Waals surface area contributed by atoms with Gasteiger partial charge in [-0.1, -0.05) is 13.8 Å². The standard InChI is InChI=1S/C17H34N2O6S/c1-5-14(3)25-16(11-19(6-2)26(4,21)22)13-24-17(20)23-12-15-7-9-18-10-8-15/h14-16,18H,5-13H2,1-4H3/t14-,16-/m0/s1. The van der Waals surface area contributed by atoms with Crippen LogP contribution in [0.25, 0.3) is 0 Å². The molecular formula is C17H34N2O6S. The lowest BCUT2D eigenvalue weighted by Gasteiger charge is -2.27. The van der Waals surface area contributed by atoms with Gasteiger partial charge in [-0.25, -0.2) is 13.2 Å². The molecule has 1 aliphatic heterocycles. The number of nitrogens with one attached hydrogen (secondary N) is 1. The van der Waals surface area contributed by atoms with Crippen LogP contribution in [0.3, 0.4) is 0 Å². The number of nitrogens with zero attached hydrogens (tertiary/aromatic N) is 1. The molecule has 0 radical (unpaired) electrons. The Kier molecular flexibility index (Phi) is 10.4. The maximum absolute atomic E-state index is 11.9. The van der Waals surface area contributed by atoms with Crippen LogP contribution in [-0.4, -0.2) is 76.7 Å². The molecule has 154 valence electrons. The largest absolute Gasteiger partial charge is 0.508 e. The van der Waals surface area contributed by atoms with Crippen LogP contribution in [0.2, 0.25) is 0 Å². The number of carbonyl (C=O) groups excluding carboxylic acids is 1. The minimum absolute atomic E-state index is 0.0403. The lowest BCUT2D eigenvalue weighted by Crippen LogP contribution is -2.41. The number of sulfonamides is 1. The van der Waals surface area contributed by atoms with Crippen molar-refractivity contribution in [1.82, 2.24) is 9.62 Å². The van der Waals surface area contributed by atoms with E-state index in [1.54, 1.807) is 6.92 Å². The van der Waals surface area contributed by atoms with Crippen molar-refractivity contribution < 1.29 is 27.4 Å². The topological polar surface area (TPSA) is 94.2 Å². The average Bonchev–Trinajstić information content (AvgIpc) is 2.61. The fourth-order valence-electron chi connectivity index (χ4n) is 2.72. The van der Waals surface area contributed by atoms with E-state index >= 15 is 0 Å². The molecule has 0 amide bonds. The summed E-state index contributed by atoms with van der Waals surface area (Å²) < 4.78 is 41.1. The van der Waals surface area contributed by atoms with Gasteiger partial charge in [0, 0.05) is 13.1 Å². The van der Waals surface area contributed by atoms with Gasteiger partial charge in [0.1, 0.15) is 12.7 Å². The normalized spacial score (nSPS) is 18.5. The third-order valence-corrected chi connectivity index (χ3v) is 5.86. The van der Waals surface area contributed by atoms with Crippen molar-refractivity contribution in [2.75, 3.05) is 45.6 Å². The summed E-state index contributed by atoms with van der Waals surface area (Å²) in [5.41, 5.74) is 0. The highest BCUT2D eigenvalue weighted by Gasteiger charge is 2.24. The third kappa shape index (κ3) is 9.16. The fourth-order valence-corrected chi connectivity index (χ4v) is 3.63. The van der Waals surface area contributed by atoms with E-state index < -0.39 is 22.3 Å². The minimum Gasteiger partial charge on any atom is -0.434 e. The minimum atomic E-state index is -3.34. The van der Waals surface area contributed by atoms with Crippen LogP contribution in [0, 0.1) is 5.92 Å². The lowest BCUT2D eigenvalue weighted by atomic mass is 9.99. The zero-order valence-electron chi connectivity index (χ0n) is 16.4. The summed E-state index contributed by atoms with van der Waals surface area (Å²) in [5, 5.41) is 3.26. The first-order chi connectivity index (χ1) is 12.3. The van der Waals surface area contributed by atoms with Crippen LogP contribution in [0.4, 0.5) is 4.79 Å². The van der Waals surface area contributed by atoms with Crippen molar-refractivity contribution in [1.29, 1.82) is 0 Å². The molecule has 0 unspecified atom stereocenters. The van der Waals surface area contributed by atoms with Gasteiger partial charge in [0.25, 0.3) is 0 Å². The van der Waals surface area contributed by atoms with E-state index in [0.717, 1.165) is 38.6 Å². The van der Waals surface area contributed by atoms with Gasteiger partial charge in [0.2, 0.25) is 10.0 Å². The van der Waals surface area contributed by atoms with E-state index in [4.69, 9.17) is 14.2 Å². The van der Waals surface area contributed by atoms with Gasteiger partial charge in [0.05, 0.1) is 19.0 Å². The Balaban J connectivity index is 2.48. The second kappa shape index (κ2) is 11.7. The monoisotopic (exact) mass is 394 g/mol. The SMILES string of the molecule is CC[C@H](C)O[C@H](COC(=O)OCC1CCNCC1)CN(CC)S(C)(=O)=O. The van der Waals surface area contributed by atoms with E-state index in [1.165, 1.54) is 4.31 Å². The summed E-state index contributed by atoms with van der Waals surface area (Å²) in [7, 11) is -3.34. The molecule has 8 nitrogen and oxygen atoms in total. The van der Waals surface area contributed by atoms with E-state index in [0.29, 0.717) is 19.1 Å². The van der Waals surface area contributed by atoms with Crippen molar-refractivity contribution in [3.63, 3.8) is 0 Å². The molecule has 0 aromatic heterocycles. The quantitative estimate of drug-likeness (QED) is 0.532. The second-order valence-corrected chi connectivity index (χ2v) is 8.74. The maximum atomic E-state index is 11.9. The molecule has 1 fully saturated rings. The Hall–Kier alpha value is -0.900. The number of likely N-dealkylation sites (N-methyl/N-ethyl adjacent to an activating group) is 1. The summed E-state index contributed by atoms with van der Waals surface area (Å²) in [5.74, 6) is 0.358. The molecule has 1 rings (SSSR count). The molecule has 0 aromatic carbocycles. The van der Waals surface area contributed by atoms with Crippen LogP contribution in [0.15, 0.2) is 0 Å². The first-order valence-electron chi connectivity index (χ1n) is 9.37. The first-order valence-corrected chi connectivity index (χ1v) is 11.2. The maximum Gasteiger partial charge on any atom is 0.508 e. The molecule has 1 saturated heterocycles. The van der Waals surface area contributed by atoms with Gasteiger partial charge in [0.15, 0.2) is 0 Å². The van der Waals surface area contributed by atoms with Gasteiger partial charge >= 0.3 is 6.16 Å². The number of carbonyl (C=O) groups is 1. The van der Waals surface area contributed by atoms with Crippen LogP contribution >= 0.6 is 0 Å². The molecule has 0 spiro atoms. The Morgan fingerprint density at radius 1 is 1.23 bits per heavy atom. The van der Waals surface area contributed by atoms with Crippen LogP contribution in [0.1, 0.15) is 40.0 Å². The molecule has 9 heteroatoms. The smallest absolute Gasteiger partial charge is 0.434 e. The van der Waals surface area contributed by atoms with Gasteiger partial charge in [-0.3, -0.25) is 0 Å². The van der Waals surface area contributed by atoms with Gasteiger partial charge in [-0.15, -0.1) is 0 Å². The predicted molar refractivity (Wildman–Crippen MR) is 99.6 cm³/mol. The van der Waals surface area contributed by atoms with Gasteiger partial charge < -0.3 is 19.5 Å². The third-order valence-electron chi connectivity index (χ3n) is 4.51. The second-order valence-electron chi connectivity index (χ2n) is 6.76. The fraction of sp³-hybridized carbons (Fsp3) is 0.941. The molecule has 1 aliphatic rings. The van der Waals surface area contributed by atoms with E-state index in [-0.39, 0.29) is 19.3 Å². The molecule has 26 heavy (non-hydrogen) atoms. The molecule has 0 bridgehead atoms. The zero-order valence-corrected chi connectivity index (χ0v) is 17.2. The number of piperidine rings is 1. The molecule has 1 N–H and O–H groups in total. The van der Waals surface area contributed by atoms with Crippen molar-refractivity contribution in [3.8, 4) is 0 Å². The molecule has 0 saturated carbocycles. The molecule has 1 heterocycles. The Morgan fingerprint density at radius 2 is 1.88 bits per heavy atom. The van der Waals surface area contributed by atoms with Crippen molar-refractivity contribution in [3.05, 3.63) is 0 Å². The average molecular weight is 395 g/mol. The Bertz CT molecular complexity index is 507. The van der Waals surface area contributed by atoms with Crippen LogP contribution in [0.5, 0.6) is 0 Å². The Labute approximate surface area is 157 Å². The van der Waals surface area contributed by atoms with E-state index in [9.17, 15) is 13.2 Å². The summed E-state index contributed by atoms with van der Waals surface area (Å²) in [6.45, 7) is 8.29. The predicted octanol–water partition coefficient (Wildman–Crippen LogP) is 1.60. The highest BCUT2D eigenvalue weighted by molar-refractivity contribution is 7.88. The Morgan fingerprint density at radius 3 is 2.42 bits per heavy atom. The van der Waals surface area contributed by atoms with Gasteiger partial charge in [-0.2, -0.15) is 4.31 Å². The summed E-state index contributed by atoms with van der Waals surface area (Å²) in [6.07, 6.45) is 2.56. The van der Waals surface area contributed by atoms with Crippen LogP contribution in [-0.2, 0) is 24.2 Å². The van der Waals surface area contributed by atoms with Crippen molar-refractivity contribution in [2.24, 2.45) is 5.92 Å². The van der Waals surface area contributed by atoms with Gasteiger partial charge in [-0.05, 0) is 45.2 Å². The highest BCUT2D eigenvalue weighted by atomic mass is 32.2. The first kappa shape index (κ1) is 23.1. The molecule has 0 aliphatic carbocycles. The highest BCUT2D eigenvalue weighted by Crippen LogP contribution is 2.13. The lowest BCUT2D eigenvalue weighted by molar-refractivity contribution is -0.0544. The molecule has 0 aromatic rings. The van der Waals surface area contributed by atoms with E-state index in [1.807, 2.05) is 13.8 Å².